The number of thioether (sulfide) groups is 8. The van der Waals surface area contributed by atoms with E-state index in [1.807, 2.05) is 6.26 Å². The lowest BCUT2D eigenvalue weighted by Gasteiger charge is -2.06. The van der Waals surface area contributed by atoms with Crippen LogP contribution in [0.3, 0.4) is 0 Å². The summed E-state index contributed by atoms with van der Waals surface area (Å²) >= 11 is 12.5. The third kappa shape index (κ3) is 30.9. The van der Waals surface area contributed by atoms with Gasteiger partial charge in [0.2, 0.25) is 12.8 Å². The van der Waals surface area contributed by atoms with E-state index >= 15 is 0 Å². The molecule has 0 bridgehead atoms. The maximum absolute atomic E-state index is 11.6. The van der Waals surface area contributed by atoms with Crippen molar-refractivity contribution < 1.29 is 34.2 Å². The molecule has 33 heavy (non-hydrogen) atoms. The van der Waals surface area contributed by atoms with Crippen LogP contribution in [-0.2, 0) is 24.3 Å². The van der Waals surface area contributed by atoms with Crippen LogP contribution in [0.2, 0.25) is 0 Å². The van der Waals surface area contributed by atoms with Crippen molar-refractivity contribution in [3.63, 3.8) is 0 Å². The first-order valence-electron chi connectivity index (χ1n) is 8.89. The lowest BCUT2D eigenvalue weighted by Crippen LogP contribution is -2.23. The third-order valence-corrected chi connectivity index (χ3v) is 9.77. The molecule has 0 spiro atoms. The van der Waals surface area contributed by atoms with Crippen molar-refractivity contribution >= 4 is 113 Å². The fraction of sp³-hybridized carbons (Fsp3) is 0.800. The fourth-order valence-electron chi connectivity index (χ4n) is 1.18. The molecule has 0 heterocycles. The number of nitrogens with one attached hydrogen (secondary N) is 1. The molecule has 0 aromatic rings. The molecule has 0 aromatic carbocycles. The number of aliphatic hydroxyl groups excluding tert-OH is 1. The molecule has 2 N–H and O–H groups in total. The maximum atomic E-state index is 11.6. The molecule has 194 valence electrons. The summed E-state index contributed by atoms with van der Waals surface area (Å²) in [5.74, 6) is 2.86. The Morgan fingerprint density at radius 1 is 0.818 bits per heavy atom. The first-order valence-corrected chi connectivity index (χ1v) is 18.4. The van der Waals surface area contributed by atoms with Crippen LogP contribution in [-0.4, -0.2) is 92.0 Å². The van der Waals surface area contributed by atoms with Crippen LogP contribution in [0, 0.1) is 0 Å². The Morgan fingerprint density at radius 3 is 2.12 bits per heavy atom. The monoisotopic (exact) mass is 619 g/mol. The molecule has 0 aliphatic rings. The van der Waals surface area contributed by atoms with Gasteiger partial charge in [0.05, 0.1) is 23.6 Å². The van der Waals surface area contributed by atoms with Crippen molar-refractivity contribution in [2.45, 2.75) is 0 Å². The minimum Gasteiger partial charge on any atom is -0.438 e. The van der Waals surface area contributed by atoms with E-state index in [1.54, 1.807) is 47.0 Å². The summed E-state index contributed by atoms with van der Waals surface area (Å²) in [5.41, 5.74) is 0. The molecule has 0 fully saturated rings. The fourth-order valence-corrected chi connectivity index (χ4v) is 6.73. The van der Waals surface area contributed by atoms with Crippen molar-refractivity contribution in [3.05, 3.63) is 0 Å². The molecule has 10 nitrogen and oxygen atoms in total. The summed E-state index contributed by atoms with van der Waals surface area (Å²) in [6.45, 7) is 0. The lowest BCUT2D eigenvalue weighted by molar-refractivity contribution is -0.196. The van der Waals surface area contributed by atoms with Gasteiger partial charge in [-0.2, -0.15) is 9.78 Å². The Balaban J connectivity index is 3.22. The predicted molar refractivity (Wildman–Crippen MR) is 153 cm³/mol. The zero-order valence-electron chi connectivity index (χ0n) is 18.0. The Morgan fingerprint density at radius 2 is 1.42 bits per heavy atom. The third-order valence-electron chi connectivity index (χ3n) is 2.35. The Hall–Kier alpha value is 0.890. The predicted octanol–water partition coefficient (Wildman–Crippen LogP) is 4.69. The van der Waals surface area contributed by atoms with E-state index < -0.39 is 6.09 Å². The molecule has 0 aromatic heterocycles. The van der Waals surface area contributed by atoms with Crippen molar-refractivity contribution in [3.8, 4) is 0 Å². The summed E-state index contributed by atoms with van der Waals surface area (Å²) in [4.78, 5) is 38.8. The van der Waals surface area contributed by atoms with Gasteiger partial charge in [0.1, 0.15) is 17.8 Å². The first kappa shape index (κ1) is 33.9. The lowest BCUT2D eigenvalue weighted by atomic mass is 11.1. The summed E-state index contributed by atoms with van der Waals surface area (Å²) in [6.07, 6.45) is 4.08. The zero-order chi connectivity index (χ0) is 24.1. The minimum absolute atomic E-state index is 0.106. The Bertz CT molecular complexity index is 487. The van der Waals surface area contributed by atoms with Crippen LogP contribution < -0.4 is 5.32 Å². The Labute approximate surface area is 229 Å². The smallest absolute Gasteiger partial charge is 0.408 e. The van der Waals surface area contributed by atoms with E-state index in [1.165, 1.54) is 59.8 Å². The number of rotatable bonds is 25. The molecule has 1 amide bonds. The van der Waals surface area contributed by atoms with E-state index in [0.29, 0.717) is 34.6 Å². The average molecular weight is 620 g/mol. The molecule has 0 aliphatic heterocycles. The number of ether oxygens (including phenoxy) is 1. The second-order valence-electron chi connectivity index (χ2n) is 4.69. The molecule has 0 radical (unpaired) electrons. The van der Waals surface area contributed by atoms with E-state index in [4.69, 9.17) is 29.4 Å². The van der Waals surface area contributed by atoms with Gasteiger partial charge in [-0.3, -0.25) is 0 Å². The highest BCUT2D eigenvalue weighted by atomic mass is 32.2. The molecular weight excluding hydrogens is 591 g/mol. The van der Waals surface area contributed by atoms with Gasteiger partial charge in [0.15, 0.2) is 0 Å². The van der Waals surface area contributed by atoms with Crippen molar-refractivity contribution in [2.24, 2.45) is 9.98 Å². The van der Waals surface area contributed by atoms with E-state index in [0.717, 1.165) is 15.3 Å². The molecule has 0 aliphatic carbocycles. The molecule has 0 rings (SSSR count). The van der Waals surface area contributed by atoms with Crippen LogP contribution in [0.5, 0.6) is 0 Å². The molecule has 0 saturated heterocycles. The zero-order valence-corrected chi connectivity index (χ0v) is 24.5. The second-order valence-corrected chi connectivity index (χ2v) is 13.7. The molecule has 0 unspecified atom stereocenters. The van der Waals surface area contributed by atoms with Gasteiger partial charge in [0, 0.05) is 20.3 Å². The number of nitrogens with zero attached hydrogens (tertiary/aromatic N) is 2. The average Bonchev–Trinajstić information content (AvgIpc) is 2.82. The van der Waals surface area contributed by atoms with Gasteiger partial charge in [-0.1, -0.05) is 0 Å². The van der Waals surface area contributed by atoms with Gasteiger partial charge in [-0.05, 0) is 6.26 Å². The van der Waals surface area contributed by atoms with Crippen LogP contribution >= 0.6 is 94.1 Å². The Kier molecular flexibility index (Phi) is 31.8. The molecular formula is C15H29N3O7S8. The number of alkyl carbamates (subject to hydrolysis) is 1. The van der Waals surface area contributed by atoms with Gasteiger partial charge in [-0.25, -0.2) is 14.8 Å². The summed E-state index contributed by atoms with van der Waals surface area (Å²) < 4.78 is 5.07. The van der Waals surface area contributed by atoms with Crippen LogP contribution in [0.4, 0.5) is 4.79 Å². The standard InChI is InChI=1S/C15H29N3O7S8/c1-26-4-16-2-22-25-10-32-14-30-8-21-15(20)18-6-28-12-33-11-27-5-17-3-23-24-9-31-13-29-7-19/h2-3,19H,4-14H2,1H3,(H,18,20)/b16-2+,17-3+. The minimum atomic E-state index is -0.425. The first-order chi connectivity index (χ1) is 16.3. The van der Waals surface area contributed by atoms with Crippen LogP contribution in [0.1, 0.15) is 0 Å². The summed E-state index contributed by atoms with van der Waals surface area (Å²) in [5, 5.41) is 14.5. The highest BCUT2D eigenvalue weighted by molar-refractivity contribution is 8.22. The molecule has 18 heteroatoms. The maximum Gasteiger partial charge on any atom is 0.408 e. The number of hydrogen-bond acceptors (Lipinski definition) is 17. The van der Waals surface area contributed by atoms with Crippen LogP contribution in [0.25, 0.3) is 0 Å². The second kappa shape index (κ2) is 30.9. The number of carbonyl (C=O) groups is 1. The highest BCUT2D eigenvalue weighted by Crippen LogP contribution is 2.17. The molecule has 0 saturated carbocycles. The quantitative estimate of drug-likeness (QED) is 0.0367. The van der Waals surface area contributed by atoms with Crippen molar-refractivity contribution in [2.75, 3.05) is 68.0 Å². The topological polar surface area (TPSA) is 120 Å². The van der Waals surface area contributed by atoms with Gasteiger partial charge in [0.25, 0.3) is 0 Å². The number of aliphatic imine (C=N–C) groups is 2. The van der Waals surface area contributed by atoms with Crippen molar-refractivity contribution in [1.82, 2.24) is 5.32 Å². The largest absolute Gasteiger partial charge is 0.438 e. The van der Waals surface area contributed by atoms with E-state index in [-0.39, 0.29) is 11.9 Å². The number of amides is 1. The van der Waals surface area contributed by atoms with Gasteiger partial charge >= 0.3 is 6.09 Å². The number of aliphatic hydroxyl groups is 1. The van der Waals surface area contributed by atoms with Crippen molar-refractivity contribution in [1.29, 1.82) is 0 Å². The normalized spacial score (nSPS) is 11.3. The van der Waals surface area contributed by atoms with Gasteiger partial charge < -0.3 is 24.9 Å². The summed E-state index contributed by atoms with van der Waals surface area (Å²) in [7, 11) is 0. The molecule has 0 atom stereocenters. The van der Waals surface area contributed by atoms with E-state index in [9.17, 15) is 4.79 Å². The number of hydrogen-bond donors (Lipinski definition) is 2. The van der Waals surface area contributed by atoms with Crippen LogP contribution in [0.15, 0.2) is 9.98 Å². The number of carbonyl (C=O) groups excluding carboxylic acids is 1. The van der Waals surface area contributed by atoms with E-state index in [2.05, 4.69) is 15.3 Å². The summed E-state index contributed by atoms with van der Waals surface area (Å²) in [6, 6.07) is 0. The van der Waals surface area contributed by atoms with Gasteiger partial charge in [-0.15, -0.1) is 94.1 Å². The SMILES string of the molecule is CSC/N=C/OOCSCSCOC(=O)NCSCSCSC/N=C/OOCSCSCO. The highest BCUT2D eigenvalue weighted by Gasteiger charge is 2.01.